The lowest BCUT2D eigenvalue weighted by molar-refractivity contribution is 0.0772. The lowest BCUT2D eigenvalue weighted by Crippen LogP contribution is -2.31. The van der Waals surface area contributed by atoms with E-state index in [1.54, 1.807) is 26.2 Å². The van der Waals surface area contributed by atoms with Crippen molar-refractivity contribution in [3.63, 3.8) is 0 Å². The summed E-state index contributed by atoms with van der Waals surface area (Å²) in [6.45, 7) is 2.64. The van der Waals surface area contributed by atoms with Gasteiger partial charge in [-0.3, -0.25) is 9.78 Å². The van der Waals surface area contributed by atoms with E-state index >= 15 is 0 Å². The Labute approximate surface area is 164 Å². The van der Waals surface area contributed by atoms with Crippen LogP contribution in [0.15, 0.2) is 48.5 Å². The van der Waals surface area contributed by atoms with Crippen molar-refractivity contribution in [1.29, 1.82) is 0 Å². The number of benzene rings is 2. The third-order valence-corrected chi connectivity index (χ3v) is 4.55. The number of pyridine rings is 1. The summed E-state index contributed by atoms with van der Waals surface area (Å²) in [7, 11) is 4.97. The first-order chi connectivity index (χ1) is 13.5. The molecule has 1 aromatic heterocycles. The largest absolute Gasteiger partial charge is 0.497 e. The Morgan fingerprint density at radius 1 is 1.04 bits per heavy atom. The first-order valence-corrected chi connectivity index (χ1v) is 9.00. The van der Waals surface area contributed by atoms with Gasteiger partial charge in [-0.2, -0.15) is 0 Å². The SMILES string of the molecule is COc1ccc2cc(C(=O)N(C)CCOc3ccccc3OC)c(C)nc2c1. The number of amides is 1. The number of ether oxygens (including phenoxy) is 3. The van der Waals surface area contributed by atoms with Crippen LogP contribution in [0.1, 0.15) is 16.1 Å². The van der Waals surface area contributed by atoms with Crippen LogP contribution in [0, 0.1) is 6.92 Å². The van der Waals surface area contributed by atoms with Crippen molar-refractivity contribution >= 4 is 16.8 Å². The number of aromatic nitrogens is 1. The number of likely N-dealkylation sites (N-methyl/N-ethyl adjacent to an activating group) is 1. The predicted molar refractivity (Wildman–Crippen MR) is 108 cm³/mol. The number of hydrogen-bond acceptors (Lipinski definition) is 5. The van der Waals surface area contributed by atoms with Gasteiger partial charge in [0.2, 0.25) is 0 Å². The minimum absolute atomic E-state index is 0.0913. The topological polar surface area (TPSA) is 60.9 Å². The second-order valence-corrected chi connectivity index (χ2v) is 6.41. The third-order valence-electron chi connectivity index (χ3n) is 4.55. The van der Waals surface area contributed by atoms with E-state index in [0.29, 0.717) is 35.9 Å². The van der Waals surface area contributed by atoms with Crippen molar-refractivity contribution in [3.8, 4) is 17.2 Å². The maximum Gasteiger partial charge on any atom is 0.255 e. The summed E-state index contributed by atoms with van der Waals surface area (Å²) in [6, 6.07) is 14.9. The molecule has 0 unspecified atom stereocenters. The molecule has 6 nitrogen and oxygen atoms in total. The number of para-hydroxylation sites is 2. The molecule has 6 heteroatoms. The second-order valence-electron chi connectivity index (χ2n) is 6.41. The molecule has 0 saturated carbocycles. The quantitative estimate of drug-likeness (QED) is 0.625. The summed E-state index contributed by atoms with van der Waals surface area (Å²) in [5, 5.41) is 0.897. The number of rotatable bonds is 7. The number of carbonyl (C=O) groups is 1. The fourth-order valence-electron chi connectivity index (χ4n) is 2.92. The normalized spacial score (nSPS) is 10.6. The Hall–Kier alpha value is -3.28. The van der Waals surface area contributed by atoms with Crippen molar-refractivity contribution in [2.24, 2.45) is 0 Å². The number of aryl methyl sites for hydroxylation is 1. The molecule has 0 aliphatic carbocycles. The standard InChI is InChI=1S/C22H24N2O4/c1-15-18(13-16-9-10-17(26-3)14-19(16)23-15)22(25)24(2)11-12-28-21-8-6-5-7-20(21)27-4/h5-10,13-14H,11-12H2,1-4H3. The zero-order valence-electron chi connectivity index (χ0n) is 16.6. The Morgan fingerprint density at radius 2 is 1.79 bits per heavy atom. The van der Waals surface area contributed by atoms with Gasteiger partial charge < -0.3 is 19.1 Å². The molecule has 0 atom stereocenters. The van der Waals surface area contributed by atoms with Gasteiger partial charge in [0.1, 0.15) is 12.4 Å². The molecule has 28 heavy (non-hydrogen) atoms. The molecular formula is C22H24N2O4. The molecule has 1 amide bonds. The molecule has 1 heterocycles. The summed E-state index contributed by atoms with van der Waals surface area (Å²) < 4.78 is 16.3. The number of carbonyl (C=O) groups excluding carboxylic acids is 1. The lowest BCUT2D eigenvalue weighted by atomic mass is 10.1. The minimum atomic E-state index is -0.0913. The fraction of sp³-hybridized carbons (Fsp3) is 0.273. The van der Waals surface area contributed by atoms with Gasteiger partial charge in [-0.25, -0.2) is 0 Å². The van der Waals surface area contributed by atoms with Crippen LogP contribution in [-0.2, 0) is 0 Å². The minimum Gasteiger partial charge on any atom is -0.497 e. The van der Waals surface area contributed by atoms with Gasteiger partial charge >= 0.3 is 0 Å². The molecule has 0 spiro atoms. The molecule has 0 radical (unpaired) electrons. The maximum atomic E-state index is 12.9. The van der Waals surface area contributed by atoms with Crippen LogP contribution >= 0.6 is 0 Å². The number of hydrogen-bond donors (Lipinski definition) is 0. The van der Waals surface area contributed by atoms with E-state index in [4.69, 9.17) is 14.2 Å². The molecular weight excluding hydrogens is 356 g/mol. The molecule has 0 aliphatic rings. The molecule has 0 saturated heterocycles. The summed E-state index contributed by atoms with van der Waals surface area (Å²) in [5.74, 6) is 1.97. The highest BCUT2D eigenvalue weighted by atomic mass is 16.5. The molecule has 0 aliphatic heterocycles. The Bertz CT molecular complexity index is 987. The summed E-state index contributed by atoms with van der Waals surface area (Å²) in [5.41, 5.74) is 2.07. The summed E-state index contributed by atoms with van der Waals surface area (Å²) >= 11 is 0. The molecule has 146 valence electrons. The molecule has 0 fully saturated rings. The first kappa shape index (κ1) is 19.5. The molecule has 3 aromatic rings. The van der Waals surface area contributed by atoms with Crippen LogP contribution in [-0.4, -0.2) is 50.2 Å². The van der Waals surface area contributed by atoms with Crippen LogP contribution in [0.5, 0.6) is 17.2 Å². The van der Waals surface area contributed by atoms with Crippen molar-refractivity contribution in [1.82, 2.24) is 9.88 Å². The highest BCUT2D eigenvalue weighted by molar-refractivity contribution is 5.98. The third kappa shape index (κ3) is 4.17. The van der Waals surface area contributed by atoms with Crippen LogP contribution in [0.25, 0.3) is 10.9 Å². The Kier molecular flexibility index (Phi) is 5.99. The van der Waals surface area contributed by atoms with E-state index in [2.05, 4.69) is 4.98 Å². The van der Waals surface area contributed by atoms with Gasteiger partial charge in [-0.15, -0.1) is 0 Å². The van der Waals surface area contributed by atoms with Crippen molar-refractivity contribution in [2.75, 3.05) is 34.4 Å². The van der Waals surface area contributed by atoms with Crippen molar-refractivity contribution in [3.05, 3.63) is 59.8 Å². The van der Waals surface area contributed by atoms with Gasteiger partial charge in [0.15, 0.2) is 11.5 Å². The molecule has 0 bridgehead atoms. The van der Waals surface area contributed by atoms with E-state index < -0.39 is 0 Å². The number of fused-ring (bicyclic) bond motifs is 1. The lowest BCUT2D eigenvalue weighted by Gasteiger charge is -2.19. The maximum absolute atomic E-state index is 12.9. The zero-order valence-corrected chi connectivity index (χ0v) is 16.6. The average Bonchev–Trinajstić information content (AvgIpc) is 2.72. The smallest absolute Gasteiger partial charge is 0.255 e. The van der Waals surface area contributed by atoms with Gasteiger partial charge in [0, 0.05) is 18.5 Å². The van der Waals surface area contributed by atoms with E-state index in [-0.39, 0.29) is 5.91 Å². The molecule has 2 aromatic carbocycles. The van der Waals surface area contributed by atoms with E-state index in [1.807, 2.05) is 55.5 Å². The summed E-state index contributed by atoms with van der Waals surface area (Å²) in [6.07, 6.45) is 0. The van der Waals surface area contributed by atoms with Crippen LogP contribution in [0.4, 0.5) is 0 Å². The number of methoxy groups -OCH3 is 2. The van der Waals surface area contributed by atoms with Crippen molar-refractivity contribution < 1.29 is 19.0 Å². The van der Waals surface area contributed by atoms with Crippen LogP contribution < -0.4 is 14.2 Å². The number of nitrogens with zero attached hydrogens (tertiary/aromatic N) is 2. The van der Waals surface area contributed by atoms with Gasteiger partial charge in [0.25, 0.3) is 5.91 Å². The monoisotopic (exact) mass is 380 g/mol. The van der Waals surface area contributed by atoms with Crippen molar-refractivity contribution in [2.45, 2.75) is 6.92 Å². The highest BCUT2D eigenvalue weighted by Crippen LogP contribution is 2.26. The molecule has 3 rings (SSSR count). The molecule has 0 N–H and O–H groups in total. The predicted octanol–water partition coefficient (Wildman–Crippen LogP) is 3.71. The van der Waals surface area contributed by atoms with Gasteiger partial charge in [0.05, 0.1) is 37.5 Å². The van der Waals surface area contributed by atoms with Crippen LogP contribution in [0.3, 0.4) is 0 Å². The van der Waals surface area contributed by atoms with Gasteiger partial charge in [-0.1, -0.05) is 12.1 Å². The first-order valence-electron chi connectivity index (χ1n) is 9.00. The average molecular weight is 380 g/mol. The fourth-order valence-corrected chi connectivity index (χ4v) is 2.92. The van der Waals surface area contributed by atoms with E-state index in [1.165, 1.54) is 0 Å². The highest BCUT2D eigenvalue weighted by Gasteiger charge is 2.16. The zero-order chi connectivity index (χ0) is 20.1. The Morgan fingerprint density at radius 3 is 2.50 bits per heavy atom. The second kappa shape index (κ2) is 8.61. The van der Waals surface area contributed by atoms with E-state index in [0.717, 1.165) is 16.7 Å². The van der Waals surface area contributed by atoms with Gasteiger partial charge in [-0.05, 0) is 37.3 Å². The van der Waals surface area contributed by atoms with E-state index in [9.17, 15) is 4.79 Å². The Balaban J connectivity index is 1.69. The van der Waals surface area contributed by atoms with Crippen LogP contribution in [0.2, 0.25) is 0 Å². The summed E-state index contributed by atoms with van der Waals surface area (Å²) in [4.78, 5) is 19.1.